The second-order valence-corrected chi connectivity index (χ2v) is 5.77. The van der Waals surface area contributed by atoms with Crippen LogP contribution >= 0.6 is 0 Å². The molecule has 0 aliphatic rings. The van der Waals surface area contributed by atoms with E-state index in [9.17, 15) is 9.18 Å². The predicted octanol–water partition coefficient (Wildman–Crippen LogP) is 3.31. The molecule has 0 saturated heterocycles. The Hall–Kier alpha value is -3.68. The van der Waals surface area contributed by atoms with Crippen LogP contribution in [0.25, 0.3) is 0 Å². The van der Waals surface area contributed by atoms with Crippen molar-refractivity contribution in [2.45, 2.75) is 6.54 Å². The third-order valence-corrected chi connectivity index (χ3v) is 3.89. The average molecular weight is 382 g/mol. The molecule has 7 nitrogen and oxygen atoms in total. The van der Waals surface area contributed by atoms with E-state index in [0.717, 1.165) is 5.56 Å². The molecule has 1 heterocycles. The van der Waals surface area contributed by atoms with Gasteiger partial charge in [-0.3, -0.25) is 4.79 Å². The second-order valence-electron chi connectivity index (χ2n) is 5.77. The van der Waals surface area contributed by atoms with Crippen molar-refractivity contribution in [2.24, 2.45) is 0 Å². The van der Waals surface area contributed by atoms with Crippen LogP contribution in [0.15, 0.2) is 54.7 Å². The van der Waals surface area contributed by atoms with Crippen LogP contribution in [-0.4, -0.2) is 30.1 Å². The van der Waals surface area contributed by atoms with Gasteiger partial charge in [0, 0.05) is 24.5 Å². The number of hydrogen-bond donors (Lipinski definition) is 2. The van der Waals surface area contributed by atoms with Crippen molar-refractivity contribution in [3.8, 4) is 11.5 Å². The lowest BCUT2D eigenvalue weighted by Crippen LogP contribution is -2.24. The summed E-state index contributed by atoms with van der Waals surface area (Å²) in [4.78, 5) is 20.7. The van der Waals surface area contributed by atoms with Crippen LogP contribution < -0.4 is 20.1 Å². The van der Waals surface area contributed by atoms with Gasteiger partial charge >= 0.3 is 0 Å². The molecule has 3 rings (SSSR count). The summed E-state index contributed by atoms with van der Waals surface area (Å²) >= 11 is 0. The Morgan fingerprint density at radius 3 is 2.50 bits per heavy atom. The number of carbonyl (C=O) groups excluding carboxylic acids is 1. The predicted molar refractivity (Wildman–Crippen MR) is 102 cm³/mol. The first-order valence-electron chi connectivity index (χ1n) is 8.44. The molecule has 2 aromatic carbocycles. The van der Waals surface area contributed by atoms with Gasteiger partial charge in [0.15, 0.2) is 11.5 Å². The van der Waals surface area contributed by atoms with Crippen LogP contribution in [0.2, 0.25) is 0 Å². The minimum atomic E-state index is -0.359. The summed E-state index contributed by atoms with van der Waals surface area (Å²) in [5.41, 5.74) is 1.68. The lowest BCUT2D eigenvalue weighted by molar-refractivity contribution is 0.0946. The van der Waals surface area contributed by atoms with Crippen molar-refractivity contribution in [1.29, 1.82) is 0 Å². The van der Waals surface area contributed by atoms with Gasteiger partial charge in [-0.05, 0) is 35.9 Å². The Kier molecular flexibility index (Phi) is 6.01. The van der Waals surface area contributed by atoms with E-state index >= 15 is 0 Å². The number of nitrogens with zero attached hydrogens (tertiary/aromatic N) is 2. The Morgan fingerprint density at radius 1 is 1.04 bits per heavy atom. The molecule has 28 heavy (non-hydrogen) atoms. The van der Waals surface area contributed by atoms with Crippen molar-refractivity contribution in [2.75, 3.05) is 19.5 Å². The Bertz CT molecular complexity index is 964. The molecule has 0 aliphatic heterocycles. The number of aromatic nitrogens is 2. The first-order chi connectivity index (χ1) is 13.6. The normalized spacial score (nSPS) is 10.2. The van der Waals surface area contributed by atoms with Crippen molar-refractivity contribution in [3.63, 3.8) is 0 Å². The van der Waals surface area contributed by atoms with E-state index in [-0.39, 0.29) is 29.9 Å². The van der Waals surface area contributed by atoms with Crippen LogP contribution in [-0.2, 0) is 6.54 Å². The molecule has 2 N–H and O–H groups in total. The van der Waals surface area contributed by atoms with E-state index in [0.29, 0.717) is 17.2 Å². The molecule has 0 radical (unpaired) electrons. The van der Waals surface area contributed by atoms with E-state index in [1.165, 1.54) is 24.4 Å². The van der Waals surface area contributed by atoms with E-state index in [4.69, 9.17) is 9.47 Å². The fourth-order valence-corrected chi connectivity index (χ4v) is 2.46. The van der Waals surface area contributed by atoms with Gasteiger partial charge in [0.1, 0.15) is 11.5 Å². The Labute approximate surface area is 161 Å². The van der Waals surface area contributed by atoms with Crippen molar-refractivity contribution >= 4 is 17.5 Å². The van der Waals surface area contributed by atoms with Crippen LogP contribution in [0, 0.1) is 5.82 Å². The standard InChI is InChI=1S/C20H19FN4O3/c1-27-17-8-7-15(11-18(17)28-2)24-20-22-10-9-16(25-20)19(26)23-12-13-3-5-14(21)6-4-13/h3-11H,12H2,1-2H3,(H,23,26)(H,22,24,25). The fraction of sp³-hybridized carbons (Fsp3) is 0.150. The number of ether oxygens (including phenoxy) is 2. The van der Waals surface area contributed by atoms with Gasteiger partial charge in [0.25, 0.3) is 5.91 Å². The topological polar surface area (TPSA) is 85.4 Å². The van der Waals surface area contributed by atoms with Gasteiger partial charge in [0.05, 0.1) is 14.2 Å². The monoisotopic (exact) mass is 382 g/mol. The molecule has 0 bridgehead atoms. The van der Waals surface area contributed by atoms with Gasteiger partial charge < -0.3 is 20.1 Å². The maximum atomic E-state index is 12.9. The number of nitrogens with one attached hydrogen (secondary N) is 2. The number of anilines is 2. The number of hydrogen-bond acceptors (Lipinski definition) is 6. The quantitative estimate of drug-likeness (QED) is 0.652. The first kappa shape index (κ1) is 19.1. The molecule has 3 aromatic rings. The molecule has 1 aromatic heterocycles. The van der Waals surface area contributed by atoms with Crippen molar-refractivity contribution < 1.29 is 18.7 Å². The Morgan fingerprint density at radius 2 is 1.79 bits per heavy atom. The smallest absolute Gasteiger partial charge is 0.270 e. The minimum Gasteiger partial charge on any atom is -0.493 e. The third kappa shape index (κ3) is 4.73. The Balaban J connectivity index is 1.67. The zero-order valence-corrected chi connectivity index (χ0v) is 15.4. The summed E-state index contributed by atoms with van der Waals surface area (Å²) in [5.74, 6) is 0.740. The number of rotatable bonds is 7. The summed E-state index contributed by atoms with van der Waals surface area (Å²) in [7, 11) is 3.10. The third-order valence-electron chi connectivity index (χ3n) is 3.89. The molecule has 8 heteroatoms. The van der Waals surface area contributed by atoms with Gasteiger partial charge in [-0.1, -0.05) is 12.1 Å². The number of methoxy groups -OCH3 is 2. The zero-order valence-electron chi connectivity index (χ0n) is 15.4. The SMILES string of the molecule is COc1ccc(Nc2nccc(C(=O)NCc3ccc(F)cc3)n2)cc1OC. The highest BCUT2D eigenvalue weighted by Crippen LogP contribution is 2.30. The number of benzene rings is 2. The number of amides is 1. The largest absolute Gasteiger partial charge is 0.493 e. The molecular weight excluding hydrogens is 363 g/mol. The summed E-state index contributed by atoms with van der Waals surface area (Å²) in [6, 6.07) is 12.7. The highest BCUT2D eigenvalue weighted by atomic mass is 19.1. The van der Waals surface area contributed by atoms with Gasteiger partial charge in [-0.25, -0.2) is 14.4 Å². The summed E-state index contributed by atoms with van der Waals surface area (Å²) in [6.45, 7) is 0.265. The molecular formula is C20H19FN4O3. The fourth-order valence-electron chi connectivity index (χ4n) is 2.46. The van der Waals surface area contributed by atoms with Crippen molar-refractivity contribution in [1.82, 2.24) is 15.3 Å². The number of carbonyl (C=O) groups is 1. The van der Waals surface area contributed by atoms with Gasteiger partial charge in [-0.15, -0.1) is 0 Å². The van der Waals surface area contributed by atoms with Gasteiger partial charge in [0.2, 0.25) is 5.95 Å². The number of halogens is 1. The van der Waals surface area contributed by atoms with Gasteiger partial charge in [-0.2, -0.15) is 0 Å². The van der Waals surface area contributed by atoms with Crippen molar-refractivity contribution in [3.05, 3.63) is 71.8 Å². The highest BCUT2D eigenvalue weighted by molar-refractivity contribution is 5.92. The molecule has 0 fully saturated rings. The molecule has 0 saturated carbocycles. The van der Waals surface area contributed by atoms with E-state index in [1.54, 1.807) is 44.6 Å². The first-order valence-corrected chi connectivity index (χ1v) is 8.44. The van der Waals surface area contributed by atoms with E-state index < -0.39 is 0 Å². The van der Waals surface area contributed by atoms with Crippen LogP contribution in [0.4, 0.5) is 16.0 Å². The van der Waals surface area contributed by atoms with E-state index in [1.807, 2.05) is 0 Å². The zero-order chi connectivity index (χ0) is 19.9. The molecule has 0 atom stereocenters. The van der Waals surface area contributed by atoms with Crippen LogP contribution in [0.1, 0.15) is 16.1 Å². The summed E-state index contributed by atoms with van der Waals surface area (Å²) < 4.78 is 23.4. The minimum absolute atomic E-state index is 0.208. The second kappa shape index (κ2) is 8.81. The molecule has 0 unspecified atom stereocenters. The van der Waals surface area contributed by atoms with Crippen LogP contribution in [0.5, 0.6) is 11.5 Å². The van der Waals surface area contributed by atoms with E-state index in [2.05, 4.69) is 20.6 Å². The highest BCUT2D eigenvalue weighted by Gasteiger charge is 2.10. The molecule has 1 amide bonds. The van der Waals surface area contributed by atoms with Crippen LogP contribution in [0.3, 0.4) is 0 Å². The molecule has 144 valence electrons. The summed E-state index contributed by atoms with van der Waals surface area (Å²) in [5, 5.41) is 5.77. The summed E-state index contributed by atoms with van der Waals surface area (Å²) in [6.07, 6.45) is 1.49. The molecule has 0 aliphatic carbocycles. The maximum Gasteiger partial charge on any atom is 0.270 e. The lowest BCUT2D eigenvalue weighted by Gasteiger charge is -2.11. The lowest BCUT2D eigenvalue weighted by atomic mass is 10.2. The maximum absolute atomic E-state index is 12.9. The molecule has 0 spiro atoms. The average Bonchev–Trinajstić information content (AvgIpc) is 2.73.